The number of hydrogen-bond acceptors (Lipinski definition) is 3. The van der Waals surface area contributed by atoms with Crippen molar-refractivity contribution in [2.75, 3.05) is 33.9 Å². The van der Waals surface area contributed by atoms with Crippen molar-refractivity contribution < 1.29 is 9.53 Å². The normalized spacial score (nSPS) is 18.4. The highest BCUT2D eigenvalue weighted by Gasteiger charge is 2.41. The summed E-state index contributed by atoms with van der Waals surface area (Å²) in [5.74, 6) is 0.0939. The van der Waals surface area contributed by atoms with Gasteiger partial charge in [-0.25, -0.2) is 0 Å². The smallest absolute Gasteiger partial charge is 0.231 e. The molecule has 0 aromatic heterocycles. The summed E-state index contributed by atoms with van der Waals surface area (Å²) in [6.45, 7) is 3.94. The zero-order valence-corrected chi connectivity index (χ0v) is 12.6. The molecule has 1 atom stereocenters. The number of benzene rings is 1. The minimum absolute atomic E-state index is 0.0588. The standard InChI is InChI=1S/C16H24N2O2/c1-16(11-20-12-16)15(19)17-14(9-10-18(2)3)13-7-5-4-6-8-13/h4-8,14H,9-12H2,1-3H3,(H,17,19)/t14-/m0/s1. The topological polar surface area (TPSA) is 41.6 Å². The third-order valence-electron chi connectivity index (χ3n) is 3.76. The number of amides is 1. The van der Waals surface area contributed by atoms with E-state index in [-0.39, 0.29) is 17.4 Å². The Bertz CT molecular complexity index is 441. The van der Waals surface area contributed by atoms with Gasteiger partial charge in [0.1, 0.15) is 0 Å². The van der Waals surface area contributed by atoms with E-state index in [0.29, 0.717) is 13.2 Å². The Morgan fingerprint density at radius 2 is 2.00 bits per heavy atom. The van der Waals surface area contributed by atoms with E-state index < -0.39 is 0 Å². The highest BCUT2D eigenvalue weighted by molar-refractivity contribution is 5.83. The largest absolute Gasteiger partial charge is 0.379 e. The molecule has 1 aromatic carbocycles. The average Bonchev–Trinajstić information content (AvgIpc) is 2.41. The maximum Gasteiger partial charge on any atom is 0.231 e. The second-order valence-corrected chi connectivity index (χ2v) is 6.08. The van der Waals surface area contributed by atoms with E-state index in [1.165, 1.54) is 0 Å². The molecule has 0 unspecified atom stereocenters. The molecule has 1 N–H and O–H groups in total. The van der Waals surface area contributed by atoms with Crippen molar-refractivity contribution in [3.05, 3.63) is 35.9 Å². The molecule has 0 saturated carbocycles. The molecule has 20 heavy (non-hydrogen) atoms. The highest BCUT2D eigenvalue weighted by atomic mass is 16.5. The van der Waals surface area contributed by atoms with Gasteiger partial charge in [0.2, 0.25) is 5.91 Å². The Morgan fingerprint density at radius 1 is 1.35 bits per heavy atom. The fraction of sp³-hybridized carbons (Fsp3) is 0.562. The van der Waals surface area contributed by atoms with E-state index in [1.807, 2.05) is 39.2 Å². The van der Waals surface area contributed by atoms with Crippen LogP contribution in [0, 0.1) is 5.41 Å². The van der Waals surface area contributed by atoms with E-state index >= 15 is 0 Å². The Hall–Kier alpha value is -1.39. The summed E-state index contributed by atoms with van der Waals surface area (Å²) in [5.41, 5.74) is 0.803. The summed E-state index contributed by atoms with van der Waals surface area (Å²) in [4.78, 5) is 14.5. The summed E-state index contributed by atoms with van der Waals surface area (Å²) in [7, 11) is 4.09. The predicted molar refractivity (Wildman–Crippen MR) is 79.4 cm³/mol. The molecule has 1 aliphatic heterocycles. The first-order valence-electron chi connectivity index (χ1n) is 7.10. The number of carbonyl (C=O) groups excluding carboxylic acids is 1. The van der Waals surface area contributed by atoms with E-state index in [4.69, 9.17) is 4.74 Å². The third kappa shape index (κ3) is 3.58. The van der Waals surface area contributed by atoms with Crippen LogP contribution in [0.25, 0.3) is 0 Å². The van der Waals surface area contributed by atoms with Crippen molar-refractivity contribution >= 4 is 5.91 Å². The van der Waals surface area contributed by atoms with Gasteiger partial charge in [-0.3, -0.25) is 4.79 Å². The number of nitrogens with one attached hydrogen (secondary N) is 1. The maximum atomic E-state index is 12.4. The third-order valence-corrected chi connectivity index (χ3v) is 3.76. The number of nitrogens with zero attached hydrogens (tertiary/aromatic N) is 1. The van der Waals surface area contributed by atoms with Crippen molar-refractivity contribution in [1.29, 1.82) is 0 Å². The first-order valence-corrected chi connectivity index (χ1v) is 7.10. The fourth-order valence-corrected chi connectivity index (χ4v) is 2.27. The number of carbonyl (C=O) groups is 1. The van der Waals surface area contributed by atoms with Gasteiger partial charge in [-0.2, -0.15) is 0 Å². The van der Waals surface area contributed by atoms with E-state index in [2.05, 4.69) is 22.3 Å². The van der Waals surface area contributed by atoms with Gasteiger partial charge in [0.25, 0.3) is 0 Å². The molecule has 4 nitrogen and oxygen atoms in total. The SMILES string of the molecule is CN(C)CC[C@H](NC(=O)C1(C)COC1)c1ccccc1. The number of rotatable bonds is 6. The van der Waals surface area contributed by atoms with Crippen LogP contribution >= 0.6 is 0 Å². The highest BCUT2D eigenvalue weighted by Crippen LogP contribution is 2.28. The van der Waals surface area contributed by atoms with Gasteiger partial charge in [0.05, 0.1) is 24.7 Å². The molecule has 110 valence electrons. The molecule has 0 aliphatic carbocycles. The van der Waals surface area contributed by atoms with Gasteiger partial charge in [-0.1, -0.05) is 30.3 Å². The van der Waals surface area contributed by atoms with Crippen LogP contribution in [0.5, 0.6) is 0 Å². The minimum atomic E-state index is -0.356. The lowest BCUT2D eigenvalue weighted by atomic mass is 9.87. The summed E-state index contributed by atoms with van der Waals surface area (Å²) in [6.07, 6.45) is 0.902. The van der Waals surface area contributed by atoms with Crippen LogP contribution in [0.3, 0.4) is 0 Å². The number of ether oxygens (including phenoxy) is 1. The van der Waals surface area contributed by atoms with Crippen molar-refractivity contribution in [2.24, 2.45) is 5.41 Å². The summed E-state index contributed by atoms with van der Waals surface area (Å²) >= 11 is 0. The van der Waals surface area contributed by atoms with Crippen molar-refractivity contribution in [3.8, 4) is 0 Å². The van der Waals surface area contributed by atoms with Gasteiger partial charge in [0.15, 0.2) is 0 Å². The molecule has 0 radical (unpaired) electrons. The zero-order chi connectivity index (χ0) is 14.6. The van der Waals surface area contributed by atoms with Gasteiger partial charge < -0.3 is 15.0 Å². The molecule has 1 aromatic rings. The van der Waals surface area contributed by atoms with Crippen LogP contribution in [-0.2, 0) is 9.53 Å². The van der Waals surface area contributed by atoms with Crippen LogP contribution < -0.4 is 5.32 Å². The van der Waals surface area contributed by atoms with Crippen LogP contribution in [0.15, 0.2) is 30.3 Å². The Balaban J connectivity index is 2.04. The van der Waals surface area contributed by atoms with Gasteiger partial charge in [-0.05, 0) is 39.5 Å². The summed E-state index contributed by atoms with van der Waals surface area (Å²) in [6, 6.07) is 10.2. The van der Waals surface area contributed by atoms with Crippen LogP contribution in [-0.4, -0.2) is 44.7 Å². The average molecular weight is 276 g/mol. The number of hydrogen-bond donors (Lipinski definition) is 1. The molecule has 1 saturated heterocycles. The molecule has 1 heterocycles. The first kappa shape index (κ1) is 15.0. The van der Waals surface area contributed by atoms with E-state index in [1.54, 1.807) is 0 Å². The Labute approximate surface area is 121 Å². The summed E-state index contributed by atoms with van der Waals surface area (Å²) in [5, 5.41) is 3.19. The molecule has 1 amide bonds. The molecule has 1 fully saturated rings. The van der Waals surface area contributed by atoms with Crippen LogP contribution in [0.2, 0.25) is 0 Å². The lowest BCUT2D eigenvalue weighted by Crippen LogP contribution is -2.52. The van der Waals surface area contributed by atoms with Gasteiger partial charge in [-0.15, -0.1) is 0 Å². The quantitative estimate of drug-likeness (QED) is 0.862. The van der Waals surface area contributed by atoms with E-state index in [0.717, 1.165) is 18.5 Å². The first-order chi connectivity index (χ1) is 9.51. The second kappa shape index (κ2) is 6.37. The second-order valence-electron chi connectivity index (χ2n) is 6.08. The zero-order valence-electron chi connectivity index (χ0n) is 12.6. The molecular formula is C16H24N2O2. The molecule has 0 spiro atoms. The molecular weight excluding hydrogens is 252 g/mol. The molecule has 2 rings (SSSR count). The van der Waals surface area contributed by atoms with Crippen LogP contribution in [0.4, 0.5) is 0 Å². The van der Waals surface area contributed by atoms with Crippen LogP contribution in [0.1, 0.15) is 24.9 Å². The van der Waals surface area contributed by atoms with Gasteiger partial charge in [0, 0.05) is 0 Å². The summed E-state index contributed by atoms with van der Waals surface area (Å²) < 4.78 is 5.18. The molecule has 1 aliphatic rings. The molecule has 0 bridgehead atoms. The lowest BCUT2D eigenvalue weighted by Gasteiger charge is -2.37. The molecule has 4 heteroatoms. The maximum absolute atomic E-state index is 12.4. The van der Waals surface area contributed by atoms with Gasteiger partial charge >= 0.3 is 0 Å². The lowest BCUT2D eigenvalue weighted by molar-refractivity contribution is -0.158. The van der Waals surface area contributed by atoms with Crippen molar-refractivity contribution in [3.63, 3.8) is 0 Å². The van der Waals surface area contributed by atoms with Crippen molar-refractivity contribution in [2.45, 2.75) is 19.4 Å². The minimum Gasteiger partial charge on any atom is -0.379 e. The fourth-order valence-electron chi connectivity index (χ4n) is 2.27. The monoisotopic (exact) mass is 276 g/mol. The van der Waals surface area contributed by atoms with Crippen molar-refractivity contribution in [1.82, 2.24) is 10.2 Å². The Morgan fingerprint density at radius 3 is 2.50 bits per heavy atom. The Kier molecular flexibility index (Phi) is 4.78. The van der Waals surface area contributed by atoms with E-state index in [9.17, 15) is 4.79 Å². The predicted octanol–water partition coefficient (Wildman–Crippen LogP) is 1.83.